The van der Waals surface area contributed by atoms with E-state index in [1.807, 2.05) is 44.4 Å². The summed E-state index contributed by atoms with van der Waals surface area (Å²) in [6.07, 6.45) is 3.60. The molecule has 0 spiro atoms. The Bertz CT molecular complexity index is 549. The van der Waals surface area contributed by atoms with Gasteiger partial charge in [-0.25, -0.2) is 0 Å². The first-order valence-corrected chi connectivity index (χ1v) is 7.63. The molecule has 4 nitrogen and oxygen atoms in total. The van der Waals surface area contributed by atoms with Crippen LogP contribution in [-0.2, 0) is 5.54 Å². The summed E-state index contributed by atoms with van der Waals surface area (Å²) >= 11 is 1.66. The van der Waals surface area contributed by atoms with Crippen molar-refractivity contribution in [3.8, 4) is 11.5 Å². The number of rotatable bonds is 5. The lowest BCUT2D eigenvalue weighted by Gasteiger charge is -2.21. The zero-order valence-corrected chi connectivity index (χ0v) is 12.3. The van der Waals surface area contributed by atoms with Crippen molar-refractivity contribution in [3.63, 3.8) is 0 Å². The summed E-state index contributed by atoms with van der Waals surface area (Å²) in [6, 6.07) is 7.99. The minimum absolute atomic E-state index is 0.504. The van der Waals surface area contributed by atoms with Gasteiger partial charge in [-0.1, -0.05) is 31.1 Å². The zero-order chi connectivity index (χ0) is 13.9. The number of hydrogen-bond acceptors (Lipinski definition) is 5. The van der Waals surface area contributed by atoms with E-state index in [-0.39, 0.29) is 0 Å². The van der Waals surface area contributed by atoms with Crippen molar-refractivity contribution in [1.29, 1.82) is 0 Å². The van der Waals surface area contributed by atoms with Gasteiger partial charge in [0.1, 0.15) is 0 Å². The normalized spacial score (nSPS) is 11.8. The van der Waals surface area contributed by atoms with Crippen LogP contribution in [0.4, 0.5) is 0 Å². The van der Waals surface area contributed by atoms with E-state index in [1.54, 1.807) is 11.8 Å². The molecule has 0 fully saturated rings. The molecule has 102 valence electrons. The second-order valence-electron chi connectivity index (χ2n) is 4.49. The summed E-state index contributed by atoms with van der Waals surface area (Å²) in [5, 5.41) is 4.06. The maximum absolute atomic E-state index is 6.29. The molecular formula is C14H19N3OS. The molecule has 0 saturated carbocycles. The van der Waals surface area contributed by atoms with Gasteiger partial charge >= 0.3 is 0 Å². The first kappa shape index (κ1) is 14.1. The van der Waals surface area contributed by atoms with Crippen molar-refractivity contribution >= 4 is 11.8 Å². The van der Waals surface area contributed by atoms with Gasteiger partial charge in [-0.3, -0.25) is 0 Å². The second-order valence-corrected chi connectivity index (χ2v) is 5.33. The number of nitrogens with zero attached hydrogens (tertiary/aromatic N) is 2. The van der Waals surface area contributed by atoms with E-state index in [2.05, 4.69) is 10.1 Å². The Labute approximate surface area is 117 Å². The second kappa shape index (κ2) is 5.75. The SMILES string of the molecule is CCC(N)(CC)c1noc(-c2ccccc2SC)n1. The van der Waals surface area contributed by atoms with Gasteiger partial charge < -0.3 is 10.3 Å². The minimum atomic E-state index is -0.504. The predicted octanol–water partition coefficient (Wildman–Crippen LogP) is 3.43. The maximum Gasteiger partial charge on any atom is 0.259 e. The summed E-state index contributed by atoms with van der Waals surface area (Å²) < 4.78 is 5.39. The van der Waals surface area contributed by atoms with E-state index in [4.69, 9.17) is 10.3 Å². The Hall–Kier alpha value is -1.33. The topological polar surface area (TPSA) is 64.9 Å². The van der Waals surface area contributed by atoms with E-state index >= 15 is 0 Å². The van der Waals surface area contributed by atoms with E-state index in [9.17, 15) is 0 Å². The first-order valence-electron chi connectivity index (χ1n) is 6.41. The molecule has 0 aliphatic rings. The molecule has 5 heteroatoms. The van der Waals surface area contributed by atoms with Gasteiger partial charge in [-0.2, -0.15) is 4.98 Å². The molecule has 0 radical (unpaired) electrons. The Kier molecular flexibility index (Phi) is 4.27. The molecule has 0 bridgehead atoms. The fraction of sp³-hybridized carbons (Fsp3) is 0.429. The number of nitrogens with two attached hydrogens (primary N) is 1. The van der Waals surface area contributed by atoms with Gasteiger partial charge in [0.2, 0.25) is 0 Å². The third-order valence-electron chi connectivity index (χ3n) is 3.47. The fourth-order valence-corrected chi connectivity index (χ4v) is 2.51. The monoisotopic (exact) mass is 277 g/mol. The maximum atomic E-state index is 6.29. The lowest BCUT2D eigenvalue weighted by Crippen LogP contribution is -2.36. The third-order valence-corrected chi connectivity index (χ3v) is 4.27. The molecule has 0 aliphatic heterocycles. The van der Waals surface area contributed by atoms with Gasteiger partial charge in [-0.15, -0.1) is 11.8 Å². The van der Waals surface area contributed by atoms with Crippen LogP contribution in [0.15, 0.2) is 33.7 Å². The molecule has 2 rings (SSSR count). The van der Waals surface area contributed by atoms with Gasteiger partial charge in [0.05, 0.1) is 11.1 Å². The molecule has 0 aliphatic carbocycles. The molecule has 2 aromatic rings. The summed E-state index contributed by atoms with van der Waals surface area (Å²) in [7, 11) is 0. The molecule has 1 aromatic heterocycles. The van der Waals surface area contributed by atoms with Crippen LogP contribution in [0.5, 0.6) is 0 Å². The molecule has 0 amide bonds. The molecule has 1 heterocycles. The molecule has 1 aromatic carbocycles. The van der Waals surface area contributed by atoms with Crippen molar-refractivity contribution in [1.82, 2.24) is 10.1 Å². The standard InChI is InChI=1S/C14H19N3OS/c1-4-14(15,5-2)13-16-12(18-17-13)10-8-6-7-9-11(10)19-3/h6-9H,4-5,15H2,1-3H3. The Morgan fingerprint density at radius 3 is 2.58 bits per heavy atom. The highest BCUT2D eigenvalue weighted by molar-refractivity contribution is 7.98. The third kappa shape index (κ3) is 2.67. The van der Waals surface area contributed by atoms with Crippen LogP contribution in [0.2, 0.25) is 0 Å². The summed E-state index contributed by atoms with van der Waals surface area (Å²) in [4.78, 5) is 5.61. The summed E-state index contributed by atoms with van der Waals surface area (Å²) in [5.41, 5.74) is 6.75. The average Bonchev–Trinajstić information content (AvgIpc) is 2.96. The van der Waals surface area contributed by atoms with E-state index in [1.165, 1.54) is 0 Å². The van der Waals surface area contributed by atoms with Crippen molar-refractivity contribution < 1.29 is 4.52 Å². The molecule has 19 heavy (non-hydrogen) atoms. The van der Waals surface area contributed by atoms with Crippen molar-refractivity contribution in [2.24, 2.45) is 5.73 Å². The van der Waals surface area contributed by atoms with E-state index < -0.39 is 5.54 Å². The van der Waals surface area contributed by atoms with Crippen LogP contribution >= 0.6 is 11.8 Å². The minimum Gasteiger partial charge on any atom is -0.334 e. The smallest absolute Gasteiger partial charge is 0.259 e. The number of thioether (sulfide) groups is 1. The predicted molar refractivity (Wildman–Crippen MR) is 78.0 cm³/mol. The summed E-state index contributed by atoms with van der Waals surface area (Å²) in [5.74, 6) is 1.13. The van der Waals surface area contributed by atoms with E-state index in [0.717, 1.165) is 23.3 Å². The molecule has 0 unspecified atom stereocenters. The number of aromatic nitrogens is 2. The number of hydrogen-bond donors (Lipinski definition) is 1. The highest BCUT2D eigenvalue weighted by Gasteiger charge is 2.29. The Balaban J connectivity index is 2.41. The van der Waals surface area contributed by atoms with Crippen LogP contribution in [-0.4, -0.2) is 16.4 Å². The van der Waals surface area contributed by atoms with E-state index in [0.29, 0.717) is 11.7 Å². The van der Waals surface area contributed by atoms with Gasteiger partial charge in [0.15, 0.2) is 5.82 Å². The lowest BCUT2D eigenvalue weighted by molar-refractivity contribution is 0.350. The van der Waals surface area contributed by atoms with Gasteiger partial charge in [0.25, 0.3) is 5.89 Å². The highest BCUT2D eigenvalue weighted by atomic mass is 32.2. The highest BCUT2D eigenvalue weighted by Crippen LogP contribution is 2.31. The zero-order valence-electron chi connectivity index (χ0n) is 11.5. The quantitative estimate of drug-likeness (QED) is 0.848. The van der Waals surface area contributed by atoms with Crippen LogP contribution in [0, 0.1) is 0 Å². The molecule has 2 N–H and O–H groups in total. The van der Waals surface area contributed by atoms with Crippen LogP contribution in [0.3, 0.4) is 0 Å². The largest absolute Gasteiger partial charge is 0.334 e. The van der Waals surface area contributed by atoms with Crippen LogP contribution in [0.25, 0.3) is 11.5 Å². The average molecular weight is 277 g/mol. The van der Waals surface area contributed by atoms with Gasteiger partial charge in [0, 0.05) is 4.90 Å². The number of benzene rings is 1. The molecular weight excluding hydrogens is 258 g/mol. The van der Waals surface area contributed by atoms with Crippen molar-refractivity contribution in [2.75, 3.05) is 6.26 Å². The van der Waals surface area contributed by atoms with Crippen molar-refractivity contribution in [3.05, 3.63) is 30.1 Å². The fourth-order valence-electron chi connectivity index (χ4n) is 1.92. The molecule has 0 saturated heterocycles. The van der Waals surface area contributed by atoms with Gasteiger partial charge in [-0.05, 0) is 31.2 Å². The first-order chi connectivity index (χ1) is 9.14. The van der Waals surface area contributed by atoms with Crippen molar-refractivity contribution in [2.45, 2.75) is 37.1 Å². The van der Waals surface area contributed by atoms with Crippen LogP contribution in [0.1, 0.15) is 32.5 Å². The Morgan fingerprint density at radius 2 is 1.95 bits per heavy atom. The summed E-state index contributed by atoms with van der Waals surface area (Å²) in [6.45, 7) is 4.07. The Morgan fingerprint density at radius 1 is 1.26 bits per heavy atom. The molecule has 0 atom stereocenters. The lowest BCUT2D eigenvalue weighted by atomic mass is 9.93. The van der Waals surface area contributed by atoms with Crippen LogP contribution < -0.4 is 5.73 Å².